The van der Waals surface area contributed by atoms with Gasteiger partial charge in [0.15, 0.2) is 5.69 Å². The monoisotopic (exact) mass is 442 g/mol. The van der Waals surface area contributed by atoms with Gasteiger partial charge >= 0.3 is 0 Å². The number of halogens is 1. The molecule has 1 aliphatic rings. The van der Waals surface area contributed by atoms with Crippen molar-refractivity contribution in [2.24, 2.45) is 5.73 Å². The first-order chi connectivity index (χ1) is 15.2. The van der Waals surface area contributed by atoms with Gasteiger partial charge in [0.05, 0.1) is 5.92 Å². The molecular formula is C26H23ClN4O. The van der Waals surface area contributed by atoms with Crippen molar-refractivity contribution in [1.82, 2.24) is 4.98 Å². The van der Waals surface area contributed by atoms with Crippen LogP contribution in [0, 0.1) is 0 Å². The highest BCUT2D eigenvalue weighted by Crippen LogP contribution is 2.33. The third-order valence-electron chi connectivity index (χ3n) is 5.59. The molecule has 1 aromatic heterocycles. The summed E-state index contributed by atoms with van der Waals surface area (Å²) < 4.78 is 2.07. The summed E-state index contributed by atoms with van der Waals surface area (Å²) in [7, 11) is 0. The Hall–Kier alpha value is -3.70. The molecule has 0 spiro atoms. The molecule has 0 aliphatic heterocycles. The van der Waals surface area contributed by atoms with Gasteiger partial charge < -0.3 is 23.5 Å². The van der Waals surface area contributed by atoms with Gasteiger partial charge in [0.25, 0.3) is 0 Å². The van der Waals surface area contributed by atoms with E-state index in [1.165, 1.54) is 0 Å². The van der Waals surface area contributed by atoms with E-state index in [2.05, 4.69) is 22.9 Å². The maximum Gasteiger partial charge on any atom is 0.243 e. The highest BCUT2D eigenvalue weighted by atomic mass is 35.5. The van der Waals surface area contributed by atoms with Gasteiger partial charge in [0, 0.05) is 42.2 Å². The lowest BCUT2D eigenvalue weighted by Crippen LogP contribution is -3.00. The smallest absolute Gasteiger partial charge is 0.243 e. The van der Waals surface area contributed by atoms with Crippen molar-refractivity contribution in [2.45, 2.75) is 12.8 Å². The molecule has 1 aliphatic carbocycles. The number of carbonyl (C=O) groups excluding carboxylic acids is 1. The van der Waals surface area contributed by atoms with E-state index >= 15 is 0 Å². The van der Waals surface area contributed by atoms with E-state index in [4.69, 9.17) is 10.7 Å². The summed E-state index contributed by atoms with van der Waals surface area (Å²) in [4.78, 5) is 18.4. The molecule has 1 heterocycles. The number of nitrogens with two attached hydrogens (primary N) is 1. The number of nitrogens with zero attached hydrogens (tertiary/aromatic N) is 2. The van der Waals surface area contributed by atoms with Gasteiger partial charge in [0.2, 0.25) is 22.7 Å². The maximum atomic E-state index is 13.6. The first-order valence-corrected chi connectivity index (χ1v) is 10.4. The third kappa shape index (κ3) is 3.61. The summed E-state index contributed by atoms with van der Waals surface area (Å²) in [6.45, 7) is 2.88. The molecule has 3 N–H and O–H groups in total. The Morgan fingerprint density at radius 3 is 2.38 bits per heavy atom. The van der Waals surface area contributed by atoms with Gasteiger partial charge in [-0.2, -0.15) is 0 Å². The number of allylic oxidation sites excluding steroid dienone is 1. The molecule has 0 fully saturated rings. The van der Waals surface area contributed by atoms with Gasteiger partial charge in [-0.3, -0.25) is 4.79 Å². The van der Waals surface area contributed by atoms with Crippen LogP contribution < -0.4 is 28.0 Å². The molecule has 3 aromatic carbocycles. The number of ketones is 1. The first kappa shape index (κ1) is 21.5. The molecule has 5 rings (SSSR count). The van der Waals surface area contributed by atoms with Gasteiger partial charge in [-0.05, 0) is 24.6 Å². The summed E-state index contributed by atoms with van der Waals surface area (Å²) in [5, 5.41) is 3.36. The molecule has 0 radical (unpaired) electrons. The van der Waals surface area contributed by atoms with Crippen LogP contribution in [0.3, 0.4) is 0 Å². The Bertz CT molecular complexity index is 1320. The summed E-state index contributed by atoms with van der Waals surface area (Å²) in [6, 6.07) is 25.7. The van der Waals surface area contributed by atoms with Crippen LogP contribution in [-0.2, 0) is 0 Å². The Morgan fingerprint density at radius 2 is 1.69 bits per heavy atom. The molecule has 0 saturated carbocycles. The largest absolute Gasteiger partial charge is 1.00 e. The van der Waals surface area contributed by atoms with Crippen LogP contribution in [0.4, 0.5) is 5.69 Å². The molecule has 1 unspecified atom stereocenters. The van der Waals surface area contributed by atoms with E-state index in [0.717, 1.165) is 34.5 Å². The first-order valence-electron chi connectivity index (χ1n) is 10.4. The normalized spacial score (nSPS) is 15.0. The van der Waals surface area contributed by atoms with Gasteiger partial charge in [-0.15, -0.1) is 4.57 Å². The third-order valence-corrected chi connectivity index (χ3v) is 5.59. The molecule has 0 amide bonds. The van der Waals surface area contributed by atoms with E-state index in [1.807, 2.05) is 78.9 Å². The molecule has 32 heavy (non-hydrogen) atoms. The lowest BCUT2D eigenvalue weighted by atomic mass is 9.85. The summed E-state index contributed by atoms with van der Waals surface area (Å²) in [5.41, 5.74) is 12.7. The molecule has 160 valence electrons. The number of carbonyl (C=O) groups is 1. The standard InChI is InChI=1S/C26H22N4O.ClH/c1-2-28-18-13-14-21-22(15-18)30(19-11-7-4-8-12-19)23-16-20(27)24(26(31)25(23)29-21)17-9-5-3-6-10-17;/h3-16,24H,2H2,1H3,(H2,27,28,31);1H. The Kier molecular flexibility index (Phi) is 5.93. The number of anilines is 1. The Morgan fingerprint density at radius 1 is 1.00 bits per heavy atom. The minimum absolute atomic E-state index is 0. The zero-order valence-corrected chi connectivity index (χ0v) is 18.4. The van der Waals surface area contributed by atoms with Gasteiger partial charge in [-0.1, -0.05) is 48.5 Å². The predicted octanol–water partition coefficient (Wildman–Crippen LogP) is 1.23. The van der Waals surface area contributed by atoms with E-state index < -0.39 is 5.92 Å². The van der Waals surface area contributed by atoms with Crippen LogP contribution in [0.15, 0.2) is 84.6 Å². The lowest BCUT2D eigenvalue weighted by molar-refractivity contribution is -0.570. The molecule has 0 saturated heterocycles. The second-order valence-corrected chi connectivity index (χ2v) is 7.60. The minimum atomic E-state index is -0.524. The Balaban J connectivity index is 0.00000245. The van der Waals surface area contributed by atoms with Crippen LogP contribution in [0.25, 0.3) is 22.8 Å². The molecule has 1 atom stereocenters. The van der Waals surface area contributed by atoms with Crippen LogP contribution in [-0.4, -0.2) is 17.3 Å². The van der Waals surface area contributed by atoms with Crippen molar-refractivity contribution in [3.63, 3.8) is 0 Å². The predicted molar refractivity (Wildman–Crippen MR) is 123 cm³/mol. The van der Waals surface area contributed by atoms with Crippen LogP contribution >= 0.6 is 0 Å². The highest BCUT2D eigenvalue weighted by molar-refractivity contribution is 6.07. The van der Waals surface area contributed by atoms with Crippen molar-refractivity contribution in [3.05, 3.63) is 102 Å². The number of fused-ring (bicyclic) bond motifs is 2. The van der Waals surface area contributed by atoms with Crippen LogP contribution in [0.5, 0.6) is 0 Å². The summed E-state index contributed by atoms with van der Waals surface area (Å²) in [5.74, 6) is -0.604. The van der Waals surface area contributed by atoms with Crippen molar-refractivity contribution in [2.75, 3.05) is 11.9 Å². The lowest BCUT2D eigenvalue weighted by Gasteiger charge is -2.21. The zero-order chi connectivity index (χ0) is 21.4. The molecule has 4 aromatic rings. The van der Waals surface area contributed by atoms with Gasteiger partial charge in [0.1, 0.15) is 5.52 Å². The number of hydrogen-bond acceptors (Lipinski definition) is 4. The van der Waals surface area contributed by atoms with E-state index in [1.54, 1.807) is 0 Å². The second-order valence-electron chi connectivity index (χ2n) is 7.60. The average Bonchev–Trinajstić information content (AvgIpc) is 2.79. The topological polar surface area (TPSA) is 71.9 Å². The molecular weight excluding hydrogens is 420 g/mol. The number of hydrogen-bond donors (Lipinski definition) is 2. The molecule has 6 heteroatoms. The molecule has 5 nitrogen and oxygen atoms in total. The number of aromatic nitrogens is 2. The second kappa shape index (κ2) is 8.81. The SMILES string of the molecule is CCNc1ccc2nc3c([n+](-c4ccccc4)c2c1)C=C(N)C(c1ccccc1)C3=O.[Cl-]. The van der Waals surface area contributed by atoms with Crippen molar-refractivity contribution < 1.29 is 21.8 Å². The maximum absolute atomic E-state index is 13.6. The average molecular weight is 443 g/mol. The quantitative estimate of drug-likeness (QED) is 0.466. The minimum Gasteiger partial charge on any atom is -1.00 e. The summed E-state index contributed by atoms with van der Waals surface area (Å²) in [6.07, 6.45) is 1.90. The van der Waals surface area contributed by atoms with E-state index in [9.17, 15) is 4.79 Å². The number of para-hydroxylation sites is 1. The van der Waals surface area contributed by atoms with Crippen LogP contribution in [0.2, 0.25) is 0 Å². The van der Waals surface area contributed by atoms with Crippen LogP contribution in [0.1, 0.15) is 34.6 Å². The van der Waals surface area contributed by atoms with Crippen molar-refractivity contribution in [3.8, 4) is 5.69 Å². The zero-order valence-electron chi connectivity index (χ0n) is 17.6. The fourth-order valence-corrected chi connectivity index (χ4v) is 4.21. The fourth-order valence-electron chi connectivity index (χ4n) is 4.21. The summed E-state index contributed by atoms with van der Waals surface area (Å²) >= 11 is 0. The van der Waals surface area contributed by atoms with E-state index in [0.29, 0.717) is 17.1 Å². The number of rotatable bonds is 4. The fraction of sp³-hybridized carbons (Fsp3) is 0.115. The number of benzene rings is 3. The van der Waals surface area contributed by atoms with E-state index in [-0.39, 0.29) is 18.2 Å². The van der Waals surface area contributed by atoms with Crippen molar-refractivity contribution in [1.29, 1.82) is 0 Å². The Labute approximate surface area is 193 Å². The number of Topliss-reactive ketones (excluding diaryl/α,β-unsaturated/α-hetero) is 1. The van der Waals surface area contributed by atoms with Gasteiger partial charge in [-0.25, -0.2) is 4.98 Å². The molecule has 0 bridgehead atoms. The number of nitrogens with one attached hydrogen (secondary N) is 1. The highest BCUT2D eigenvalue weighted by Gasteiger charge is 2.37. The van der Waals surface area contributed by atoms with Crippen molar-refractivity contribution >= 4 is 28.6 Å².